The monoisotopic (exact) mass is 407 g/mol. The molecule has 0 radical (unpaired) electrons. The lowest BCUT2D eigenvalue weighted by Gasteiger charge is -2.30. The lowest BCUT2D eigenvalue weighted by Crippen LogP contribution is -2.31. The van der Waals surface area contributed by atoms with Crippen molar-refractivity contribution in [2.24, 2.45) is 0 Å². The van der Waals surface area contributed by atoms with Crippen molar-refractivity contribution in [3.8, 4) is 6.07 Å². The fourth-order valence-electron chi connectivity index (χ4n) is 3.56. The molecular weight excluding hydrogens is 385 g/mol. The van der Waals surface area contributed by atoms with E-state index in [0.717, 1.165) is 24.7 Å². The fourth-order valence-corrected chi connectivity index (χ4v) is 4.05. The van der Waals surface area contributed by atoms with Gasteiger partial charge in [-0.25, -0.2) is 17.5 Å². The molecule has 2 heterocycles. The van der Waals surface area contributed by atoms with Gasteiger partial charge in [-0.15, -0.1) is 0 Å². The number of hydrogen-bond acceptors (Lipinski definition) is 6. The van der Waals surface area contributed by atoms with Crippen molar-refractivity contribution < 1.29 is 22.3 Å². The zero-order chi connectivity index (χ0) is 20.3. The molecule has 0 aliphatic carbocycles. The number of carbonyl (C=O) groups is 1. The summed E-state index contributed by atoms with van der Waals surface area (Å²) >= 11 is 0. The van der Waals surface area contributed by atoms with Crippen LogP contribution in [0.1, 0.15) is 30.7 Å². The molecule has 1 aromatic rings. The number of nitrogens with zero attached hydrogens (tertiary/aromatic N) is 2. The normalized spacial score (nSPS) is 22.7. The Kier molecular flexibility index (Phi) is 6.01. The number of benzene rings is 1. The van der Waals surface area contributed by atoms with Gasteiger partial charge in [-0.2, -0.15) is 5.26 Å². The van der Waals surface area contributed by atoms with Crippen molar-refractivity contribution in [1.29, 1.82) is 5.26 Å². The summed E-state index contributed by atoms with van der Waals surface area (Å²) in [6, 6.07) is 6.77. The summed E-state index contributed by atoms with van der Waals surface area (Å²) in [5, 5.41) is 8.72. The van der Waals surface area contributed by atoms with Gasteiger partial charge in [-0.1, -0.05) is 11.6 Å². The third kappa shape index (κ3) is 4.88. The van der Waals surface area contributed by atoms with E-state index < -0.39 is 33.8 Å². The first-order chi connectivity index (χ1) is 13.3. The van der Waals surface area contributed by atoms with Crippen LogP contribution in [0.4, 0.5) is 10.1 Å². The minimum atomic E-state index is -3.37. The molecule has 1 unspecified atom stereocenters. The molecule has 2 saturated heterocycles. The van der Waals surface area contributed by atoms with Gasteiger partial charge in [0, 0.05) is 32.1 Å². The van der Waals surface area contributed by atoms with Crippen LogP contribution in [-0.4, -0.2) is 46.4 Å². The Bertz CT molecular complexity index is 929. The van der Waals surface area contributed by atoms with Crippen molar-refractivity contribution in [3.05, 3.63) is 41.2 Å². The lowest BCUT2D eigenvalue weighted by atomic mass is 9.95. The molecule has 0 spiro atoms. The van der Waals surface area contributed by atoms with E-state index >= 15 is 0 Å². The van der Waals surface area contributed by atoms with E-state index in [1.807, 2.05) is 11.0 Å². The van der Waals surface area contributed by atoms with E-state index in [1.54, 1.807) is 18.2 Å². The molecule has 0 aromatic heterocycles. The lowest BCUT2D eigenvalue weighted by molar-refractivity contribution is -0.142. The predicted molar refractivity (Wildman–Crippen MR) is 102 cm³/mol. The highest BCUT2D eigenvalue weighted by molar-refractivity contribution is 7.88. The third-order valence-corrected chi connectivity index (χ3v) is 5.72. The molecule has 2 aliphatic heterocycles. The standard InChI is InChI=1S/C19H22FN3O4S/c1-28(25,26)22-12-15-11-16(19(24)27-15)14-2-3-18(17(20)10-14)23-8-5-13(4-7-21)6-9-23/h2-4,10,15-16,22H,5-6,8-9,11-12H2,1H3/t15-,16?/m0/s1. The summed E-state index contributed by atoms with van der Waals surface area (Å²) in [6.07, 6.45) is 3.76. The number of allylic oxidation sites excluding steroid dienone is 1. The molecule has 2 atom stereocenters. The van der Waals surface area contributed by atoms with Crippen LogP contribution in [0.2, 0.25) is 0 Å². The van der Waals surface area contributed by atoms with Crippen molar-refractivity contribution in [1.82, 2.24) is 4.72 Å². The van der Waals surface area contributed by atoms with Crippen LogP contribution in [0, 0.1) is 17.1 Å². The second-order valence-electron chi connectivity index (χ2n) is 7.10. The molecule has 0 bridgehead atoms. The van der Waals surface area contributed by atoms with Gasteiger partial charge >= 0.3 is 5.97 Å². The Balaban J connectivity index is 1.67. The molecule has 1 aromatic carbocycles. The van der Waals surface area contributed by atoms with Crippen LogP contribution in [0.3, 0.4) is 0 Å². The number of nitriles is 1. The van der Waals surface area contributed by atoms with Gasteiger partial charge in [0.2, 0.25) is 10.0 Å². The topological polar surface area (TPSA) is 99.5 Å². The minimum Gasteiger partial charge on any atom is -0.460 e. The summed E-state index contributed by atoms with van der Waals surface area (Å²) in [6.45, 7) is 1.27. The number of rotatable bonds is 5. The fraction of sp³-hybridized carbons (Fsp3) is 0.474. The summed E-state index contributed by atoms with van der Waals surface area (Å²) < 4.78 is 44.6. The quantitative estimate of drug-likeness (QED) is 0.590. The molecule has 1 N–H and O–H groups in total. The third-order valence-electron chi connectivity index (χ3n) is 5.03. The van der Waals surface area contributed by atoms with Crippen molar-refractivity contribution in [3.63, 3.8) is 0 Å². The van der Waals surface area contributed by atoms with Crippen LogP contribution >= 0.6 is 0 Å². The molecule has 7 nitrogen and oxygen atoms in total. The van der Waals surface area contributed by atoms with Crippen LogP contribution in [0.15, 0.2) is 29.8 Å². The SMILES string of the molecule is CS(=O)(=O)NC[C@@H]1CC(c2ccc(N3CCC(=CC#N)CC3)c(F)c2)C(=O)O1. The van der Waals surface area contributed by atoms with Crippen molar-refractivity contribution in [2.75, 3.05) is 30.8 Å². The maximum Gasteiger partial charge on any atom is 0.313 e. The van der Waals surface area contributed by atoms with Gasteiger partial charge in [0.25, 0.3) is 0 Å². The largest absolute Gasteiger partial charge is 0.460 e. The number of carbonyl (C=O) groups excluding carboxylic acids is 1. The first-order valence-corrected chi connectivity index (χ1v) is 10.9. The number of cyclic esters (lactones) is 1. The Morgan fingerprint density at radius 3 is 2.71 bits per heavy atom. The molecule has 9 heteroatoms. The average Bonchev–Trinajstić information content (AvgIpc) is 3.01. The van der Waals surface area contributed by atoms with Crippen LogP contribution < -0.4 is 9.62 Å². The zero-order valence-electron chi connectivity index (χ0n) is 15.5. The Morgan fingerprint density at radius 1 is 1.39 bits per heavy atom. The van der Waals surface area contributed by atoms with Crippen LogP contribution in [0.5, 0.6) is 0 Å². The summed E-state index contributed by atoms with van der Waals surface area (Å²) in [5.41, 5.74) is 2.06. The van der Waals surface area contributed by atoms with Gasteiger partial charge in [0.1, 0.15) is 11.9 Å². The van der Waals surface area contributed by atoms with Crippen molar-refractivity contribution in [2.45, 2.75) is 31.3 Å². The van der Waals surface area contributed by atoms with E-state index in [1.165, 1.54) is 6.07 Å². The maximum atomic E-state index is 14.7. The number of hydrogen-bond donors (Lipinski definition) is 1. The molecule has 2 aliphatic rings. The molecule has 3 rings (SSSR count). The Hall–Kier alpha value is -2.44. The van der Waals surface area contributed by atoms with E-state index in [4.69, 9.17) is 10.00 Å². The Morgan fingerprint density at radius 2 is 2.11 bits per heavy atom. The molecule has 0 saturated carbocycles. The highest BCUT2D eigenvalue weighted by Gasteiger charge is 2.36. The molecule has 28 heavy (non-hydrogen) atoms. The second kappa shape index (κ2) is 8.29. The smallest absolute Gasteiger partial charge is 0.313 e. The summed E-state index contributed by atoms with van der Waals surface area (Å²) in [5.74, 6) is -1.49. The number of anilines is 1. The van der Waals surface area contributed by atoms with E-state index in [0.29, 0.717) is 30.8 Å². The maximum absolute atomic E-state index is 14.7. The molecular formula is C19H22FN3O4S. The molecule has 2 fully saturated rings. The number of piperidine rings is 1. The van der Waals surface area contributed by atoms with Gasteiger partial charge in [0.15, 0.2) is 0 Å². The first-order valence-electron chi connectivity index (χ1n) is 9.04. The number of ether oxygens (including phenoxy) is 1. The van der Waals surface area contributed by atoms with Crippen molar-refractivity contribution >= 4 is 21.7 Å². The second-order valence-corrected chi connectivity index (χ2v) is 8.93. The number of esters is 1. The molecule has 150 valence electrons. The number of sulfonamides is 1. The Labute approximate surface area is 163 Å². The van der Waals surface area contributed by atoms with Crippen LogP contribution in [-0.2, 0) is 19.6 Å². The van der Waals surface area contributed by atoms with E-state index in [9.17, 15) is 17.6 Å². The zero-order valence-corrected chi connectivity index (χ0v) is 16.3. The predicted octanol–water partition coefficient (Wildman–Crippen LogP) is 1.82. The summed E-state index contributed by atoms with van der Waals surface area (Å²) in [7, 11) is -3.37. The number of nitrogens with one attached hydrogen (secondary N) is 1. The van der Waals surface area contributed by atoms with E-state index in [2.05, 4.69) is 4.72 Å². The van der Waals surface area contributed by atoms with Gasteiger partial charge in [-0.3, -0.25) is 4.79 Å². The number of halogens is 1. The van der Waals surface area contributed by atoms with Gasteiger partial charge < -0.3 is 9.64 Å². The highest BCUT2D eigenvalue weighted by atomic mass is 32.2. The van der Waals surface area contributed by atoms with Gasteiger partial charge in [0.05, 0.1) is 23.9 Å². The first kappa shape index (κ1) is 20.3. The minimum absolute atomic E-state index is 0.00790. The van der Waals surface area contributed by atoms with E-state index in [-0.39, 0.29) is 6.54 Å². The van der Waals surface area contributed by atoms with Crippen LogP contribution in [0.25, 0.3) is 0 Å². The highest BCUT2D eigenvalue weighted by Crippen LogP contribution is 2.34. The summed E-state index contributed by atoms with van der Waals surface area (Å²) in [4.78, 5) is 14.1. The molecule has 0 amide bonds. The van der Waals surface area contributed by atoms with Gasteiger partial charge in [-0.05, 0) is 30.5 Å². The average molecular weight is 407 g/mol.